The number of hydrogen-bond acceptors (Lipinski definition) is 3. The Morgan fingerprint density at radius 3 is 2.31 bits per heavy atom. The SMILES string of the molecule is COc1ccc(NC(=S)Nc2c(C)n(C)n(-c3ccccc3)c2=O)cc1. The van der Waals surface area contributed by atoms with Gasteiger partial charge in [-0.15, -0.1) is 0 Å². The largest absolute Gasteiger partial charge is 0.497 e. The summed E-state index contributed by atoms with van der Waals surface area (Å²) in [6.45, 7) is 1.87. The molecule has 26 heavy (non-hydrogen) atoms. The second-order valence-electron chi connectivity index (χ2n) is 5.74. The van der Waals surface area contributed by atoms with Gasteiger partial charge < -0.3 is 15.4 Å². The number of nitrogens with one attached hydrogen (secondary N) is 2. The van der Waals surface area contributed by atoms with Crippen LogP contribution >= 0.6 is 12.2 Å². The molecule has 3 rings (SSSR count). The third kappa shape index (κ3) is 3.48. The summed E-state index contributed by atoms with van der Waals surface area (Å²) in [6.07, 6.45) is 0. The average molecular weight is 368 g/mol. The van der Waals surface area contributed by atoms with E-state index in [0.29, 0.717) is 10.8 Å². The molecule has 0 bridgehead atoms. The molecule has 0 aliphatic carbocycles. The van der Waals surface area contributed by atoms with Crippen molar-refractivity contribution in [3.8, 4) is 11.4 Å². The molecule has 6 nitrogen and oxygen atoms in total. The minimum Gasteiger partial charge on any atom is -0.497 e. The minimum absolute atomic E-state index is 0.157. The van der Waals surface area contributed by atoms with Gasteiger partial charge in [-0.2, -0.15) is 0 Å². The molecule has 1 aromatic heterocycles. The summed E-state index contributed by atoms with van der Waals surface area (Å²) in [7, 11) is 3.46. The van der Waals surface area contributed by atoms with E-state index in [0.717, 1.165) is 22.8 Å². The summed E-state index contributed by atoms with van der Waals surface area (Å²) < 4.78 is 8.54. The van der Waals surface area contributed by atoms with Gasteiger partial charge in [0.1, 0.15) is 11.4 Å². The second kappa shape index (κ2) is 7.45. The van der Waals surface area contributed by atoms with Crippen molar-refractivity contribution in [3.63, 3.8) is 0 Å². The highest BCUT2D eigenvalue weighted by molar-refractivity contribution is 7.80. The number of para-hydroxylation sites is 1. The van der Waals surface area contributed by atoms with Crippen molar-refractivity contribution in [2.24, 2.45) is 7.05 Å². The van der Waals surface area contributed by atoms with Crippen LogP contribution in [0.5, 0.6) is 5.75 Å². The first kappa shape index (κ1) is 17.8. The Kier molecular flexibility index (Phi) is 5.09. The lowest BCUT2D eigenvalue weighted by Crippen LogP contribution is -2.25. The molecule has 3 aromatic rings. The predicted molar refractivity (Wildman–Crippen MR) is 109 cm³/mol. The monoisotopic (exact) mass is 368 g/mol. The molecule has 2 N–H and O–H groups in total. The summed E-state index contributed by atoms with van der Waals surface area (Å²) in [5.74, 6) is 0.763. The van der Waals surface area contributed by atoms with Crippen LogP contribution in [-0.2, 0) is 7.05 Å². The van der Waals surface area contributed by atoms with E-state index in [2.05, 4.69) is 10.6 Å². The van der Waals surface area contributed by atoms with Crippen molar-refractivity contribution < 1.29 is 4.74 Å². The Bertz CT molecular complexity index is 975. The van der Waals surface area contributed by atoms with Crippen molar-refractivity contribution in [1.82, 2.24) is 9.36 Å². The number of ether oxygens (including phenoxy) is 1. The number of rotatable bonds is 4. The molecule has 2 aromatic carbocycles. The maximum Gasteiger partial charge on any atom is 0.295 e. The van der Waals surface area contributed by atoms with Gasteiger partial charge >= 0.3 is 0 Å². The van der Waals surface area contributed by atoms with Gasteiger partial charge in [0, 0.05) is 12.7 Å². The summed E-state index contributed by atoms with van der Waals surface area (Å²) in [4.78, 5) is 12.9. The van der Waals surface area contributed by atoms with Gasteiger partial charge in [0.2, 0.25) is 0 Å². The van der Waals surface area contributed by atoms with E-state index < -0.39 is 0 Å². The number of thiocarbonyl (C=S) groups is 1. The molecule has 0 fully saturated rings. The molecule has 0 saturated heterocycles. The Morgan fingerprint density at radius 1 is 1.04 bits per heavy atom. The number of nitrogens with zero attached hydrogens (tertiary/aromatic N) is 2. The van der Waals surface area contributed by atoms with Gasteiger partial charge in [0.25, 0.3) is 5.56 Å². The first-order valence-corrected chi connectivity index (χ1v) is 8.48. The van der Waals surface area contributed by atoms with Gasteiger partial charge in [-0.25, -0.2) is 4.68 Å². The summed E-state index contributed by atoms with van der Waals surface area (Å²) in [5, 5.41) is 6.44. The van der Waals surface area contributed by atoms with E-state index in [1.165, 1.54) is 0 Å². The van der Waals surface area contributed by atoms with Crippen molar-refractivity contribution in [2.75, 3.05) is 17.7 Å². The predicted octanol–water partition coefficient (Wildman–Crippen LogP) is 3.30. The fourth-order valence-electron chi connectivity index (χ4n) is 2.66. The Morgan fingerprint density at radius 2 is 1.69 bits per heavy atom. The van der Waals surface area contributed by atoms with Crippen LogP contribution in [0.1, 0.15) is 5.69 Å². The molecule has 0 unspecified atom stereocenters. The number of benzene rings is 2. The standard InChI is InChI=1S/C19H20N4O2S/c1-13-17(18(24)23(22(13)2)15-7-5-4-6-8-15)21-19(26)20-14-9-11-16(25-3)12-10-14/h4-12H,1-3H3,(H2,20,21,26). The summed E-state index contributed by atoms with van der Waals surface area (Å²) >= 11 is 5.36. The van der Waals surface area contributed by atoms with Crippen molar-refractivity contribution in [3.05, 3.63) is 70.6 Å². The summed E-state index contributed by atoms with van der Waals surface area (Å²) in [5.41, 5.74) is 2.68. The number of hydrogen-bond donors (Lipinski definition) is 2. The third-order valence-electron chi connectivity index (χ3n) is 4.14. The minimum atomic E-state index is -0.157. The highest BCUT2D eigenvalue weighted by Crippen LogP contribution is 2.17. The van der Waals surface area contributed by atoms with E-state index in [9.17, 15) is 4.79 Å². The van der Waals surface area contributed by atoms with Gasteiger partial charge in [-0.1, -0.05) is 18.2 Å². The molecule has 0 radical (unpaired) electrons. The Hall–Kier alpha value is -3.06. The lowest BCUT2D eigenvalue weighted by atomic mass is 10.3. The normalized spacial score (nSPS) is 10.4. The molecule has 1 heterocycles. The first-order valence-electron chi connectivity index (χ1n) is 8.07. The number of anilines is 2. The number of aromatic nitrogens is 2. The molecular weight excluding hydrogens is 348 g/mol. The van der Waals surface area contributed by atoms with Gasteiger partial charge in [0.15, 0.2) is 5.11 Å². The molecule has 0 atom stereocenters. The zero-order chi connectivity index (χ0) is 18.7. The van der Waals surface area contributed by atoms with Crippen LogP contribution in [0.2, 0.25) is 0 Å². The van der Waals surface area contributed by atoms with Crippen LogP contribution in [0.3, 0.4) is 0 Å². The lowest BCUT2D eigenvalue weighted by Gasteiger charge is -2.10. The molecule has 0 aliphatic rings. The zero-order valence-electron chi connectivity index (χ0n) is 14.8. The highest BCUT2D eigenvalue weighted by atomic mass is 32.1. The lowest BCUT2D eigenvalue weighted by molar-refractivity contribution is 0.415. The quantitative estimate of drug-likeness (QED) is 0.692. The fourth-order valence-corrected chi connectivity index (χ4v) is 2.88. The topological polar surface area (TPSA) is 60.2 Å². The van der Waals surface area contributed by atoms with Crippen molar-refractivity contribution in [1.29, 1.82) is 0 Å². The number of methoxy groups -OCH3 is 1. The molecular formula is C19H20N4O2S. The van der Waals surface area contributed by atoms with Gasteiger partial charge in [0.05, 0.1) is 18.5 Å². The second-order valence-corrected chi connectivity index (χ2v) is 6.15. The third-order valence-corrected chi connectivity index (χ3v) is 4.34. The van der Waals surface area contributed by atoms with Crippen molar-refractivity contribution >= 4 is 28.7 Å². The van der Waals surface area contributed by atoms with Crippen LogP contribution in [0.25, 0.3) is 5.69 Å². The van der Waals surface area contributed by atoms with E-state index in [1.54, 1.807) is 16.5 Å². The van der Waals surface area contributed by atoms with Gasteiger partial charge in [-0.05, 0) is 55.5 Å². The molecule has 134 valence electrons. The average Bonchev–Trinajstić information content (AvgIpc) is 2.86. The van der Waals surface area contributed by atoms with Gasteiger partial charge in [-0.3, -0.25) is 9.48 Å². The van der Waals surface area contributed by atoms with E-state index in [4.69, 9.17) is 17.0 Å². The van der Waals surface area contributed by atoms with Crippen LogP contribution in [0.15, 0.2) is 59.4 Å². The molecule has 0 spiro atoms. The molecule has 7 heteroatoms. The Balaban J connectivity index is 1.83. The molecule has 0 amide bonds. The fraction of sp³-hybridized carbons (Fsp3) is 0.158. The van der Waals surface area contributed by atoms with Crippen molar-refractivity contribution in [2.45, 2.75) is 6.92 Å². The molecule has 0 aliphatic heterocycles. The summed E-state index contributed by atoms with van der Waals surface area (Å²) in [6, 6.07) is 16.9. The van der Waals surface area contributed by atoms with Crippen LogP contribution in [-0.4, -0.2) is 21.6 Å². The van der Waals surface area contributed by atoms with E-state index in [-0.39, 0.29) is 5.56 Å². The highest BCUT2D eigenvalue weighted by Gasteiger charge is 2.16. The maximum absolute atomic E-state index is 12.9. The van der Waals surface area contributed by atoms with Crippen LogP contribution in [0.4, 0.5) is 11.4 Å². The first-order chi connectivity index (χ1) is 12.5. The zero-order valence-corrected chi connectivity index (χ0v) is 15.6. The molecule has 0 saturated carbocycles. The van der Waals surface area contributed by atoms with E-state index in [1.807, 2.05) is 68.6 Å². The van der Waals surface area contributed by atoms with Crippen LogP contribution in [0, 0.1) is 6.92 Å². The van der Waals surface area contributed by atoms with E-state index >= 15 is 0 Å². The Labute approximate surface area is 157 Å². The maximum atomic E-state index is 12.9. The smallest absolute Gasteiger partial charge is 0.295 e. The van der Waals surface area contributed by atoms with Crippen LogP contribution < -0.4 is 20.9 Å².